The maximum absolute atomic E-state index is 13.9. The third-order valence-corrected chi connectivity index (χ3v) is 5.13. The van der Waals surface area contributed by atoms with Gasteiger partial charge in [-0.3, -0.25) is 4.79 Å². The topological polar surface area (TPSA) is 69.0 Å². The molecule has 6 nitrogen and oxygen atoms in total. The molecule has 0 spiro atoms. The molecule has 28 heavy (non-hydrogen) atoms. The van der Waals surface area contributed by atoms with Crippen molar-refractivity contribution in [3.63, 3.8) is 0 Å². The maximum atomic E-state index is 13.9. The molecule has 0 aromatic carbocycles. The van der Waals surface area contributed by atoms with Gasteiger partial charge in [-0.1, -0.05) is 0 Å². The van der Waals surface area contributed by atoms with Crippen LogP contribution in [0.15, 0.2) is 30.6 Å². The van der Waals surface area contributed by atoms with E-state index in [0.717, 1.165) is 35.6 Å². The Morgan fingerprint density at radius 1 is 1.25 bits per heavy atom. The van der Waals surface area contributed by atoms with Gasteiger partial charge < -0.3 is 14.6 Å². The molecule has 3 heterocycles. The average Bonchev–Trinajstić information content (AvgIpc) is 3.58. The van der Waals surface area contributed by atoms with Crippen molar-refractivity contribution in [2.45, 2.75) is 31.5 Å². The van der Waals surface area contributed by atoms with E-state index in [4.69, 9.17) is 4.74 Å². The van der Waals surface area contributed by atoms with E-state index in [0.29, 0.717) is 17.3 Å². The molecule has 0 bridgehead atoms. The highest BCUT2D eigenvalue weighted by Crippen LogP contribution is 2.37. The summed E-state index contributed by atoms with van der Waals surface area (Å²) in [6.07, 6.45) is 4.06. The molecule has 1 N–H and O–H groups in total. The Morgan fingerprint density at radius 2 is 2.04 bits per heavy atom. The number of amides is 1. The molecule has 2 atom stereocenters. The molecule has 0 radical (unpaired) electrons. The number of rotatable bonds is 5. The molecule has 0 saturated heterocycles. The molecule has 8 heteroatoms. The minimum atomic E-state index is -1.06. The molecule has 1 amide bonds. The summed E-state index contributed by atoms with van der Waals surface area (Å²) in [6, 6.07) is 5.00. The van der Waals surface area contributed by atoms with E-state index in [9.17, 15) is 13.6 Å². The van der Waals surface area contributed by atoms with E-state index < -0.39 is 17.9 Å². The number of carbonyl (C=O) groups excluding carboxylic acids is 1. The van der Waals surface area contributed by atoms with Crippen molar-refractivity contribution in [3.05, 3.63) is 36.4 Å². The lowest BCUT2D eigenvalue weighted by Gasteiger charge is -2.11. The quantitative estimate of drug-likeness (QED) is 0.730. The molecule has 3 aromatic rings. The zero-order chi connectivity index (χ0) is 19.4. The number of aryl methyl sites for hydroxylation is 1. The van der Waals surface area contributed by atoms with Gasteiger partial charge in [0.2, 0.25) is 11.8 Å². The number of alkyl halides is 1. The predicted octanol–water partition coefficient (Wildman–Crippen LogP) is 3.61. The average molecular weight is 384 g/mol. The summed E-state index contributed by atoms with van der Waals surface area (Å²) in [5.41, 5.74) is 2.10. The number of nitrogens with zero attached hydrogens (tertiary/aromatic N) is 3. The lowest BCUT2D eigenvalue weighted by molar-refractivity contribution is -0.117. The highest BCUT2D eigenvalue weighted by Gasteiger charge is 2.43. The van der Waals surface area contributed by atoms with Crippen LogP contribution in [0.5, 0.6) is 5.88 Å². The lowest BCUT2D eigenvalue weighted by Crippen LogP contribution is -2.15. The molecule has 5 rings (SSSR count). The van der Waals surface area contributed by atoms with Gasteiger partial charge in [0.1, 0.15) is 23.9 Å². The monoisotopic (exact) mass is 384 g/mol. The molecule has 144 valence electrons. The Bertz CT molecular complexity index is 1090. The molecular formula is C20H18F2N4O2. The van der Waals surface area contributed by atoms with Crippen LogP contribution >= 0.6 is 0 Å². The first-order chi connectivity index (χ1) is 13.5. The number of aromatic nitrogens is 3. The normalized spacial score (nSPS) is 21.0. The molecule has 0 aliphatic heterocycles. The van der Waals surface area contributed by atoms with Crippen LogP contribution in [-0.4, -0.2) is 32.7 Å². The minimum Gasteiger partial charge on any atom is -0.474 e. The number of pyridine rings is 2. The van der Waals surface area contributed by atoms with Gasteiger partial charge in [0, 0.05) is 12.4 Å². The predicted molar refractivity (Wildman–Crippen MR) is 99.2 cm³/mol. The Kier molecular flexibility index (Phi) is 3.82. The van der Waals surface area contributed by atoms with Crippen molar-refractivity contribution < 1.29 is 18.3 Å². The summed E-state index contributed by atoms with van der Waals surface area (Å²) in [6.45, 7) is 0. The maximum Gasteiger partial charge on any atom is 0.231 e. The van der Waals surface area contributed by atoms with E-state index in [1.165, 1.54) is 6.07 Å². The van der Waals surface area contributed by atoms with Crippen LogP contribution < -0.4 is 10.1 Å². The number of ether oxygens (including phenoxy) is 1. The van der Waals surface area contributed by atoms with Crippen molar-refractivity contribution in [2.75, 3.05) is 5.32 Å². The molecule has 2 fully saturated rings. The van der Waals surface area contributed by atoms with Crippen molar-refractivity contribution in [1.82, 2.24) is 14.5 Å². The number of hydrogen-bond acceptors (Lipinski definition) is 4. The summed E-state index contributed by atoms with van der Waals surface area (Å²) in [5, 5.41) is 3.47. The zero-order valence-corrected chi connectivity index (χ0v) is 15.2. The van der Waals surface area contributed by atoms with Gasteiger partial charge in [-0.05, 0) is 37.5 Å². The Hall–Kier alpha value is -3.03. The van der Waals surface area contributed by atoms with Gasteiger partial charge in [0.05, 0.1) is 35.1 Å². The first kappa shape index (κ1) is 17.1. The fourth-order valence-electron chi connectivity index (χ4n) is 3.26. The number of anilines is 1. The van der Waals surface area contributed by atoms with E-state index in [-0.39, 0.29) is 18.4 Å². The Balaban J connectivity index is 1.51. The van der Waals surface area contributed by atoms with Gasteiger partial charge in [-0.2, -0.15) is 0 Å². The van der Waals surface area contributed by atoms with Crippen molar-refractivity contribution in [2.24, 2.45) is 13.0 Å². The van der Waals surface area contributed by atoms with E-state index in [1.807, 2.05) is 17.7 Å². The van der Waals surface area contributed by atoms with Crippen LogP contribution in [0.1, 0.15) is 19.3 Å². The van der Waals surface area contributed by atoms with Gasteiger partial charge in [-0.15, -0.1) is 0 Å². The molecule has 2 unspecified atom stereocenters. The third-order valence-electron chi connectivity index (χ3n) is 5.13. The third kappa shape index (κ3) is 3.08. The number of fused-ring (bicyclic) bond motifs is 1. The first-order valence-electron chi connectivity index (χ1n) is 9.22. The van der Waals surface area contributed by atoms with Gasteiger partial charge in [-0.25, -0.2) is 18.7 Å². The second kappa shape index (κ2) is 6.25. The number of halogens is 2. The van der Waals surface area contributed by atoms with Crippen molar-refractivity contribution in [1.29, 1.82) is 0 Å². The van der Waals surface area contributed by atoms with E-state index in [2.05, 4.69) is 15.3 Å². The van der Waals surface area contributed by atoms with E-state index in [1.54, 1.807) is 12.3 Å². The van der Waals surface area contributed by atoms with Crippen LogP contribution in [0.3, 0.4) is 0 Å². The lowest BCUT2D eigenvalue weighted by atomic mass is 10.2. The summed E-state index contributed by atoms with van der Waals surface area (Å²) in [7, 11) is 1.85. The highest BCUT2D eigenvalue weighted by molar-refractivity contribution is 5.96. The molecule has 2 saturated carbocycles. The fourth-order valence-corrected chi connectivity index (χ4v) is 3.26. The number of carbonyl (C=O) groups is 1. The van der Waals surface area contributed by atoms with Gasteiger partial charge in [0.25, 0.3) is 0 Å². The summed E-state index contributed by atoms with van der Waals surface area (Å²) in [4.78, 5) is 20.3. The van der Waals surface area contributed by atoms with Gasteiger partial charge in [0.15, 0.2) is 0 Å². The van der Waals surface area contributed by atoms with Crippen molar-refractivity contribution >= 4 is 22.6 Å². The highest BCUT2D eigenvalue weighted by atomic mass is 19.1. The van der Waals surface area contributed by atoms with Gasteiger partial charge >= 0.3 is 0 Å². The molecule has 2 aliphatic carbocycles. The standard InChI is InChI=1S/C20H18F2N4O2/c1-26-16(14-6-11(21)8-24-20(14)28-12-2-3-12)4-10-5-18(23-9-17(10)26)25-19(27)13-7-15(13)22/h4-6,8-9,12-13,15H,2-3,7H2,1H3,(H,23,25,27). The first-order valence-corrected chi connectivity index (χ1v) is 9.22. The smallest absolute Gasteiger partial charge is 0.231 e. The Morgan fingerprint density at radius 3 is 2.75 bits per heavy atom. The van der Waals surface area contributed by atoms with Crippen LogP contribution in [0.2, 0.25) is 0 Å². The van der Waals surface area contributed by atoms with Crippen LogP contribution in [0, 0.1) is 11.7 Å². The summed E-state index contributed by atoms with van der Waals surface area (Å²) >= 11 is 0. The molecule has 2 aliphatic rings. The summed E-state index contributed by atoms with van der Waals surface area (Å²) < 4.78 is 34.6. The second-order valence-corrected chi connectivity index (χ2v) is 7.39. The minimum absolute atomic E-state index is 0.136. The number of nitrogens with one attached hydrogen (secondary N) is 1. The van der Waals surface area contributed by atoms with Crippen LogP contribution in [-0.2, 0) is 11.8 Å². The molecule has 3 aromatic heterocycles. The largest absolute Gasteiger partial charge is 0.474 e. The van der Waals surface area contributed by atoms with Crippen LogP contribution in [0.4, 0.5) is 14.6 Å². The SMILES string of the molecule is Cn1c(-c2cc(F)cnc2OC2CC2)cc2cc(NC(=O)C3CC3F)ncc21. The number of hydrogen-bond donors (Lipinski definition) is 1. The van der Waals surface area contributed by atoms with Crippen molar-refractivity contribution in [3.8, 4) is 17.1 Å². The molecular weight excluding hydrogens is 366 g/mol. The van der Waals surface area contributed by atoms with Crippen LogP contribution in [0.25, 0.3) is 22.2 Å². The fraction of sp³-hybridized carbons (Fsp3) is 0.350. The Labute approximate surface area is 159 Å². The second-order valence-electron chi connectivity index (χ2n) is 7.39. The van der Waals surface area contributed by atoms with E-state index >= 15 is 0 Å². The zero-order valence-electron chi connectivity index (χ0n) is 15.2. The summed E-state index contributed by atoms with van der Waals surface area (Å²) in [5.74, 6) is -0.617.